The van der Waals surface area contributed by atoms with Gasteiger partial charge in [0.05, 0.1) is 0 Å². The average Bonchev–Trinajstić information content (AvgIpc) is 2.57. The summed E-state index contributed by atoms with van der Waals surface area (Å²) in [6.07, 6.45) is 8.08. The van der Waals surface area contributed by atoms with Crippen molar-refractivity contribution in [3.8, 4) is 0 Å². The topological polar surface area (TPSA) is 3.24 Å². The molecule has 0 amide bonds. The molecular formula is C23H27N. The predicted octanol–water partition coefficient (Wildman–Crippen LogP) is 6.70. The molecule has 0 heterocycles. The molecule has 1 heteroatoms. The summed E-state index contributed by atoms with van der Waals surface area (Å²) < 4.78 is 0. The summed E-state index contributed by atoms with van der Waals surface area (Å²) >= 11 is 0. The smallest absolute Gasteiger partial charge is 0.0467 e. The molecule has 1 nitrogen and oxygen atoms in total. The van der Waals surface area contributed by atoms with Crippen LogP contribution in [0.15, 0.2) is 73.0 Å². The molecule has 0 spiro atoms. The van der Waals surface area contributed by atoms with Crippen LogP contribution in [-0.4, -0.2) is 0 Å². The largest absolute Gasteiger partial charge is 0.311 e. The highest BCUT2D eigenvalue weighted by molar-refractivity contribution is 5.72. The van der Waals surface area contributed by atoms with Gasteiger partial charge in [0.2, 0.25) is 0 Å². The number of benzene rings is 2. The zero-order chi connectivity index (χ0) is 17.7. The number of aryl methyl sites for hydroxylation is 3. The molecule has 2 aromatic rings. The molecule has 124 valence electrons. The highest BCUT2D eigenvalue weighted by Gasteiger charge is 2.14. The molecule has 0 bridgehead atoms. The van der Waals surface area contributed by atoms with E-state index in [0.717, 1.165) is 17.1 Å². The third kappa shape index (κ3) is 3.86. The molecule has 0 aromatic heterocycles. The molecule has 0 unspecified atom stereocenters. The van der Waals surface area contributed by atoms with Crippen molar-refractivity contribution >= 4 is 11.4 Å². The Bertz CT molecular complexity index is 753. The Morgan fingerprint density at radius 1 is 0.917 bits per heavy atom. The number of allylic oxidation sites excluding steroid dienone is 4. The molecule has 0 fully saturated rings. The molecule has 0 N–H and O–H groups in total. The third-order valence-electron chi connectivity index (χ3n) is 4.39. The third-order valence-corrected chi connectivity index (χ3v) is 4.39. The standard InChI is InChI=1S/C23H27N/c1-7-9-10-21(8-2)24(22-13-11-17(3)12-14-22)23-15-18(4)20(6)19(5)16-23/h7-16H,2H2,1,3-6H3/b9-7+,21-10+. The van der Waals surface area contributed by atoms with Crippen LogP contribution >= 0.6 is 0 Å². The van der Waals surface area contributed by atoms with Gasteiger partial charge in [0.25, 0.3) is 0 Å². The Morgan fingerprint density at radius 3 is 2.00 bits per heavy atom. The second-order valence-electron chi connectivity index (χ2n) is 6.20. The van der Waals surface area contributed by atoms with Crippen LogP contribution < -0.4 is 4.90 Å². The van der Waals surface area contributed by atoms with Crippen molar-refractivity contribution in [1.29, 1.82) is 0 Å². The van der Waals surface area contributed by atoms with Crippen LogP contribution in [0.1, 0.15) is 29.2 Å². The minimum atomic E-state index is 1.06. The Labute approximate surface area is 146 Å². The van der Waals surface area contributed by atoms with Gasteiger partial charge in [0, 0.05) is 17.1 Å². The number of nitrogens with zero attached hydrogens (tertiary/aromatic N) is 1. The second kappa shape index (κ2) is 7.83. The van der Waals surface area contributed by atoms with E-state index in [1.54, 1.807) is 0 Å². The Hall–Kier alpha value is -2.54. The summed E-state index contributed by atoms with van der Waals surface area (Å²) in [4.78, 5) is 2.26. The highest BCUT2D eigenvalue weighted by atomic mass is 15.1. The molecule has 0 aliphatic rings. The molecule has 2 rings (SSSR count). The van der Waals surface area contributed by atoms with E-state index in [4.69, 9.17) is 0 Å². The maximum absolute atomic E-state index is 4.02. The first-order valence-electron chi connectivity index (χ1n) is 8.38. The normalized spacial score (nSPS) is 11.8. The van der Waals surface area contributed by atoms with Gasteiger partial charge in [-0.1, -0.05) is 36.4 Å². The molecule has 0 aliphatic carbocycles. The van der Waals surface area contributed by atoms with Gasteiger partial charge in [-0.2, -0.15) is 0 Å². The van der Waals surface area contributed by atoms with E-state index in [1.807, 2.05) is 25.2 Å². The van der Waals surface area contributed by atoms with Gasteiger partial charge >= 0.3 is 0 Å². The van der Waals surface area contributed by atoms with E-state index in [0.29, 0.717) is 0 Å². The Kier molecular flexibility index (Phi) is 5.81. The minimum Gasteiger partial charge on any atom is -0.311 e. The van der Waals surface area contributed by atoms with Crippen molar-refractivity contribution in [2.75, 3.05) is 4.90 Å². The lowest BCUT2D eigenvalue weighted by molar-refractivity contribution is 1.17. The van der Waals surface area contributed by atoms with Crippen molar-refractivity contribution in [3.63, 3.8) is 0 Å². The Balaban J connectivity index is 2.66. The minimum absolute atomic E-state index is 1.06. The maximum Gasteiger partial charge on any atom is 0.0467 e. The number of rotatable bonds is 5. The summed E-state index contributed by atoms with van der Waals surface area (Å²) in [6.45, 7) is 14.7. The van der Waals surface area contributed by atoms with Gasteiger partial charge in [-0.15, -0.1) is 0 Å². The van der Waals surface area contributed by atoms with E-state index in [9.17, 15) is 0 Å². The average molecular weight is 317 g/mol. The molecule has 0 aliphatic heterocycles. The van der Waals surface area contributed by atoms with Gasteiger partial charge in [0.15, 0.2) is 0 Å². The molecule has 0 saturated heterocycles. The van der Waals surface area contributed by atoms with Crippen molar-refractivity contribution in [2.45, 2.75) is 34.6 Å². The number of hydrogen-bond donors (Lipinski definition) is 0. The summed E-state index contributed by atoms with van der Waals surface area (Å²) in [5.74, 6) is 0. The fraction of sp³-hybridized carbons (Fsp3) is 0.217. The van der Waals surface area contributed by atoms with E-state index >= 15 is 0 Å². The summed E-state index contributed by atoms with van der Waals surface area (Å²) in [5.41, 5.74) is 8.56. The van der Waals surface area contributed by atoms with E-state index < -0.39 is 0 Å². The first-order chi connectivity index (χ1) is 11.5. The highest BCUT2D eigenvalue weighted by Crippen LogP contribution is 2.33. The zero-order valence-corrected chi connectivity index (χ0v) is 15.4. The molecule has 2 aromatic carbocycles. The van der Waals surface area contributed by atoms with Crippen LogP contribution in [0.25, 0.3) is 0 Å². The van der Waals surface area contributed by atoms with Crippen molar-refractivity contribution in [3.05, 3.63) is 95.2 Å². The molecule has 24 heavy (non-hydrogen) atoms. The van der Waals surface area contributed by atoms with Gasteiger partial charge in [-0.25, -0.2) is 0 Å². The van der Waals surface area contributed by atoms with Gasteiger partial charge < -0.3 is 4.90 Å². The van der Waals surface area contributed by atoms with Crippen LogP contribution in [0, 0.1) is 27.7 Å². The summed E-state index contributed by atoms with van der Waals surface area (Å²) in [5, 5.41) is 0. The second-order valence-corrected chi connectivity index (χ2v) is 6.20. The van der Waals surface area contributed by atoms with Crippen LogP contribution in [0.2, 0.25) is 0 Å². The van der Waals surface area contributed by atoms with Crippen LogP contribution in [-0.2, 0) is 0 Å². The number of anilines is 2. The first kappa shape index (κ1) is 17.8. The fourth-order valence-corrected chi connectivity index (χ4v) is 2.71. The molecule has 0 atom stereocenters. The lowest BCUT2D eigenvalue weighted by atomic mass is 10.0. The van der Waals surface area contributed by atoms with Crippen LogP contribution in [0.5, 0.6) is 0 Å². The van der Waals surface area contributed by atoms with Gasteiger partial charge in [-0.05, 0) is 87.7 Å². The van der Waals surface area contributed by atoms with Crippen molar-refractivity contribution in [1.82, 2.24) is 0 Å². The Morgan fingerprint density at radius 2 is 1.50 bits per heavy atom. The zero-order valence-electron chi connectivity index (χ0n) is 15.4. The summed E-state index contributed by atoms with van der Waals surface area (Å²) in [7, 11) is 0. The lowest BCUT2D eigenvalue weighted by Crippen LogP contribution is -2.15. The SMILES string of the molecule is C=C/C(=C\C=C\C)N(c1ccc(C)cc1)c1cc(C)c(C)c(C)c1. The maximum atomic E-state index is 4.02. The summed E-state index contributed by atoms with van der Waals surface area (Å²) in [6, 6.07) is 13.1. The predicted molar refractivity (Wildman–Crippen MR) is 107 cm³/mol. The van der Waals surface area contributed by atoms with Gasteiger partial charge in [-0.3, -0.25) is 0 Å². The fourth-order valence-electron chi connectivity index (χ4n) is 2.71. The molecular weight excluding hydrogens is 290 g/mol. The first-order valence-corrected chi connectivity index (χ1v) is 8.38. The quantitative estimate of drug-likeness (QED) is 0.554. The van der Waals surface area contributed by atoms with Crippen molar-refractivity contribution in [2.24, 2.45) is 0 Å². The monoisotopic (exact) mass is 317 g/mol. The lowest BCUT2D eigenvalue weighted by Gasteiger charge is -2.27. The number of hydrogen-bond acceptors (Lipinski definition) is 1. The van der Waals surface area contributed by atoms with Crippen LogP contribution in [0.4, 0.5) is 11.4 Å². The van der Waals surface area contributed by atoms with E-state index in [2.05, 4.69) is 81.6 Å². The van der Waals surface area contributed by atoms with Gasteiger partial charge in [0.1, 0.15) is 0 Å². The van der Waals surface area contributed by atoms with E-state index in [1.165, 1.54) is 22.3 Å². The van der Waals surface area contributed by atoms with E-state index in [-0.39, 0.29) is 0 Å². The molecule has 0 radical (unpaired) electrons. The van der Waals surface area contributed by atoms with Crippen molar-refractivity contribution < 1.29 is 0 Å². The van der Waals surface area contributed by atoms with Crippen LogP contribution in [0.3, 0.4) is 0 Å². The molecule has 0 saturated carbocycles.